The van der Waals surface area contributed by atoms with Crippen molar-refractivity contribution < 1.29 is 4.79 Å². The largest absolute Gasteiger partial charge is 0.397 e. The molecule has 5 heteroatoms. The zero-order chi connectivity index (χ0) is 14.8. The Morgan fingerprint density at radius 1 is 1.38 bits per heavy atom. The van der Waals surface area contributed by atoms with Crippen LogP contribution in [-0.2, 0) is 0 Å². The number of pyridine rings is 1. The van der Waals surface area contributed by atoms with Gasteiger partial charge in [-0.3, -0.25) is 4.79 Å². The third kappa shape index (κ3) is 3.02. The SMILES string of the molecule is CC1CCCC(NC(=O)c2sc3ncccc3c2N)CC1. The number of nitrogens with zero attached hydrogens (tertiary/aromatic N) is 1. The summed E-state index contributed by atoms with van der Waals surface area (Å²) in [5.74, 6) is 0.723. The van der Waals surface area contributed by atoms with E-state index in [9.17, 15) is 4.79 Å². The van der Waals surface area contributed by atoms with E-state index in [1.54, 1.807) is 6.20 Å². The monoisotopic (exact) mass is 303 g/mol. The van der Waals surface area contributed by atoms with Crippen molar-refractivity contribution in [2.45, 2.75) is 45.1 Å². The van der Waals surface area contributed by atoms with Crippen LogP contribution in [0.4, 0.5) is 5.69 Å². The summed E-state index contributed by atoms with van der Waals surface area (Å²) >= 11 is 1.38. The van der Waals surface area contributed by atoms with E-state index in [1.807, 2.05) is 12.1 Å². The molecule has 0 aliphatic heterocycles. The number of carbonyl (C=O) groups excluding carboxylic acids is 1. The number of hydrogen-bond donors (Lipinski definition) is 2. The molecule has 1 amide bonds. The first-order chi connectivity index (χ1) is 10.1. The molecule has 0 radical (unpaired) electrons. The highest BCUT2D eigenvalue weighted by Gasteiger charge is 2.22. The van der Waals surface area contributed by atoms with Crippen LogP contribution in [0.15, 0.2) is 18.3 Å². The van der Waals surface area contributed by atoms with Crippen LogP contribution in [0.2, 0.25) is 0 Å². The first kappa shape index (κ1) is 14.3. The van der Waals surface area contributed by atoms with Gasteiger partial charge in [0.05, 0.1) is 5.69 Å². The van der Waals surface area contributed by atoms with Crippen LogP contribution < -0.4 is 11.1 Å². The van der Waals surface area contributed by atoms with Crippen molar-refractivity contribution in [3.63, 3.8) is 0 Å². The summed E-state index contributed by atoms with van der Waals surface area (Å²) in [6.07, 6.45) is 7.51. The summed E-state index contributed by atoms with van der Waals surface area (Å²) in [7, 11) is 0. The molecule has 2 atom stereocenters. The Hall–Kier alpha value is -1.62. The molecular formula is C16H21N3OS. The fourth-order valence-corrected chi connectivity index (χ4v) is 3.97. The van der Waals surface area contributed by atoms with Gasteiger partial charge in [0.15, 0.2) is 0 Å². The molecule has 0 bridgehead atoms. The lowest BCUT2D eigenvalue weighted by molar-refractivity contribution is 0.0938. The van der Waals surface area contributed by atoms with E-state index in [4.69, 9.17) is 5.73 Å². The van der Waals surface area contributed by atoms with Crippen molar-refractivity contribution >= 4 is 33.1 Å². The highest BCUT2D eigenvalue weighted by Crippen LogP contribution is 2.32. The van der Waals surface area contributed by atoms with Gasteiger partial charge in [-0.1, -0.05) is 19.8 Å². The van der Waals surface area contributed by atoms with Gasteiger partial charge in [-0.2, -0.15) is 0 Å². The van der Waals surface area contributed by atoms with Gasteiger partial charge >= 0.3 is 0 Å². The average molecular weight is 303 g/mol. The van der Waals surface area contributed by atoms with Crippen LogP contribution in [0.5, 0.6) is 0 Å². The zero-order valence-electron chi connectivity index (χ0n) is 12.3. The molecule has 1 aliphatic carbocycles. The van der Waals surface area contributed by atoms with Gasteiger partial charge in [-0.15, -0.1) is 11.3 Å². The molecule has 1 aliphatic rings. The molecule has 2 unspecified atom stereocenters. The second kappa shape index (κ2) is 6.02. The standard InChI is InChI=1S/C16H21N3OS/c1-10-4-2-5-11(8-7-10)19-15(20)14-13(17)12-6-3-9-18-16(12)21-14/h3,6,9-11H,2,4-5,7-8,17H2,1H3,(H,19,20). The predicted octanol–water partition coefficient (Wildman–Crippen LogP) is 3.58. The van der Waals surface area contributed by atoms with Crippen molar-refractivity contribution in [1.82, 2.24) is 10.3 Å². The summed E-state index contributed by atoms with van der Waals surface area (Å²) in [4.78, 5) is 18.2. The molecule has 4 nitrogen and oxygen atoms in total. The smallest absolute Gasteiger partial charge is 0.263 e. The van der Waals surface area contributed by atoms with Crippen LogP contribution in [0, 0.1) is 5.92 Å². The molecule has 112 valence electrons. The molecule has 2 aromatic heterocycles. The minimum atomic E-state index is -0.0462. The minimum absolute atomic E-state index is 0.0462. The number of nitrogens with two attached hydrogens (primary N) is 1. The maximum Gasteiger partial charge on any atom is 0.263 e. The van der Waals surface area contributed by atoms with E-state index in [2.05, 4.69) is 17.2 Å². The number of anilines is 1. The summed E-state index contributed by atoms with van der Waals surface area (Å²) < 4.78 is 0. The number of nitrogens with one attached hydrogen (secondary N) is 1. The minimum Gasteiger partial charge on any atom is -0.397 e. The van der Waals surface area contributed by atoms with E-state index in [-0.39, 0.29) is 11.9 Å². The number of thiophene rings is 1. The molecule has 0 aromatic carbocycles. The molecule has 3 rings (SSSR count). The van der Waals surface area contributed by atoms with E-state index < -0.39 is 0 Å². The van der Waals surface area contributed by atoms with Crippen molar-refractivity contribution in [2.75, 3.05) is 5.73 Å². The normalized spacial score (nSPS) is 22.9. The summed E-state index contributed by atoms with van der Waals surface area (Å²) in [5.41, 5.74) is 6.67. The Balaban J connectivity index is 1.76. The number of carbonyl (C=O) groups is 1. The van der Waals surface area contributed by atoms with Crippen LogP contribution in [0.25, 0.3) is 10.2 Å². The molecule has 1 saturated carbocycles. The van der Waals surface area contributed by atoms with Crippen molar-refractivity contribution in [3.05, 3.63) is 23.2 Å². The number of rotatable bonds is 2. The fourth-order valence-electron chi connectivity index (χ4n) is 3.00. The Bertz CT molecular complexity index is 652. The van der Waals surface area contributed by atoms with Crippen LogP contribution in [-0.4, -0.2) is 16.9 Å². The Labute approximate surface area is 128 Å². The molecule has 21 heavy (non-hydrogen) atoms. The number of aromatic nitrogens is 1. The van der Waals surface area contributed by atoms with Gasteiger partial charge in [0.25, 0.3) is 5.91 Å². The highest BCUT2D eigenvalue weighted by molar-refractivity contribution is 7.21. The summed E-state index contributed by atoms with van der Waals surface area (Å²) in [5, 5.41) is 4.04. The van der Waals surface area contributed by atoms with Gasteiger partial charge < -0.3 is 11.1 Å². The first-order valence-electron chi connectivity index (χ1n) is 7.59. The Morgan fingerprint density at radius 2 is 2.24 bits per heavy atom. The van der Waals surface area contributed by atoms with Crippen molar-refractivity contribution in [3.8, 4) is 0 Å². The van der Waals surface area contributed by atoms with E-state index in [1.165, 1.54) is 30.6 Å². The quantitative estimate of drug-likeness (QED) is 0.833. The molecule has 2 aromatic rings. The third-order valence-corrected chi connectivity index (χ3v) is 5.43. The Kier molecular flexibility index (Phi) is 4.10. The van der Waals surface area contributed by atoms with Crippen LogP contribution >= 0.6 is 11.3 Å². The van der Waals surface area contributed by atoms with Crippen LogP contribution in [0.3, 0.4) is 0 Å². The van der Waals surface area contributed by atoms with E-state index in [0.29, 0.717) is 10.6 Å². The molecular weight excluding hydrogens is 282 g/mol. The lowest BCUT2D eigenvalue weighted by Gasteiger charge is -2.16. The fraction of sp³-hybridized carbons (Fsp3) is 0.500. The number of fused-ring (bicyclic) bond motifs is 1. The maximum absolute atomic E-state index is 12.5. The van der Waals surface area contributed by atoms with Gasteiger partial charge in [-0.25, -0.2) is 4.98 Å². The molecule has 0 spiro atoms. The van der Waals surface area contributed by atoms with Gasteiger partial charge in [0, 0.05) is 17.6 Å². The number of amides is 1. The number of nitrogen functional groups attached to an aromatic ring is 1. The first-order valence-corrected chi connectivity index (χ1v) is 8.40. The average Bonchev–Trinajstić information content (AvgIpc) is 2.68. The molecule has 3 N–H and O–H groups in total. The van der Waals surface area contributed by atoms with E-state index >= 15 is 0 Å². The summed E-state index contributed by atoms with van der Waals surface area (Å²) in [6, 6.07) is 4.04. The topological polar surface area (TPSA) is 68.0 Å². The lowest BCUT2D eigenvalue weighted by atomic mass is 10.0. The molecule has 2 heterocycles. The molecule has 1 fully saturated rings. The zero-order valence-corrected chi connectivity index (χ0v) is 13.1. The van der Waals surface area contributed by atoms with Gasteiger partial charge in [-0.05, 0) is 37.3 Å². The summed E-state index contributed by atoms with van der Waals surface area (Å²) in [6.45, 7) is 2.29. The highest BCUT2D eigenvalue weighted by atomic mass is 32.1. The lowest BCUT2D eigenvalue weighted by Crippen LogP contribution is -2.34. The Morgan fingerprint density at radius 3 is 3.05 bits per heavy atom. The van der Waals surface area contributed by atoms with Crippen molar-refractivity contribution in [1.29, 1.82) is 0 Å². The number of hydrogen-bond acceptors (Lipinski definition) is 4. The van der Waals surface area contributed by atoms with Gasteiger partial charge in [0.1, 0.15) is 9.71 Å². The van der Waals surface area contributed by atoms with E-state index in [0.717, 1.165) is 29.0 Å². The second-order valence-corrected chi connectivity index (χ2v) is 6.98. The maximum atomic E-state index is 12.5. The van der Waals surface area contributed by atoms with Gasteiger partial charge in [0.2, 0.25) is 0 Å². The van der Waals surface area contributed by atoms with Crippen molar-refractivity contribution in [2.24, 2.45) is 5.92 Å². The van der Waals surface area contributed by atoms with Crippen LogP contribution in [0.1, 0.15) is 48.7 Å². The molecule has 0 saturated heterocycles. The predicted molar refractivity (Wildman–Crippen MR) is 87.5 cm³/mol. The third-order valence-electron chi connectivity index (χ3n) is 4.30. The second-order valence-electron chi connectivity index (χ2n) is 5.98.